The molecule has 1 aromatic carbocycles. The number of hydrogen-bond donors (Lipinski definition) is 4. The van der Waals surface area contributed by atoms with Crippen molar-refractivity contribution in [2.45, 2.75) is 69.9 Å². The van der Waals surface area contributed by atoms with Crippen molar-refractivity contribution >= 4 is 16.9 Å². The SMILES string of the molecule is Cc1nc(N[C@H](C)c2cccc3c2OCC3(C)F)c2cc(C3(O)CCC(O)CC3)c(=O)[nH]c2n1. The minimum atomic E-state index is -1.54. The van der Waals surface area contributed by atoms with Crippen molar-refractivity contribution in [1.29, 1.82) is 0 Å². The first-order valence-corrected chi connectivity index (χ1v) is 11.6. The largest absolute Gasteiger partial charge is 0.489 e. The molecule has 0 bridgehead atoms. The molecule has 4 N–H and O–H groups in total. The lowest BCUT2D eigenvalue weighted by Crippen LogP contribution is -2.38. The van der Waals surface area contributed by atoms with Crippen LogP contribution in [0.1, 0.15) is 68.1 Å². The van der Waals surface area contributed by atoms with Crippen LogP contribution in [0, 0.1) is 6.92 Å². The lowest BCUT2D eigenvalue weighted by Gasteiger charge is -2.34. The van der Waals surface area contributed by atoms with Crippen molar-refractivity contribution in [3.05, 3.63) is 57.1 Å². The number of fused-ring (bicyclic) bond motifs is 2. The summed E-state index contributed by atoms with van der Waals surface area (Å²) in [5.41, 5.74) is -1.34. The Bertz CT molecular complexity index is 1310. The number of aromatic nitrogens is 3. The zero-order chi connectivity index (χ0) is 24.3. The van der Waals surface area contributed by atoms with Crippen LogP contribution in [0.4, 0.5) is 10.2 Å². The third kappa shape index (κ3) is 3.82. The second kappa shape index (κ2) is 8.02. The van der Waals surface area contributed by atoms with E-state index < -0.39 is 22.9 Å². The average Bonchev–Trinajstić information content (AvgIpc) is 3.10. The van der Waals surface area contributed by atoms with E-state index in [4.69, 9.17) is 4.74 Å². The number of aromatic amines is 1. The zero-order valence-corrected chi connectivity index (χ0v) is 19.5. The smallest absolute Gasteiger partial charge is 0.255 e. The van der Waals surface area contributed by atoms with E-state index >= 15 is 0 Å². The first-order valence-electron chi connectivity index (χ1n) is 11.6. The maximum absolute atomic E-state index is 14.8. The predicted molar refractivity (Wildman–Crippen MR) is 126 cm³/mol. The minimum absolute atomic E-state index is 0.0283. The van der Waals surface area contributed by atoms with E-state index in [1.165, 1.54) is 6.92 Å². The predicted octanol–water partition coefficient (Wildman–Crippen LogP) is 3.50. The fourth-order valence-corrected chi connectivity index (χ4v) is 5.04. The molecule has 2 aliphatic rings. The van der Waals surface area contributed by atoms with Crippen molar-refractivity contribution < 1.29 is 19.3 Å². The summed E-state index contributed by atoms with van der Waals surface area (Å²) in [6.45, 7) is 5.14. The molecule has 0 spiro atoms. The molecular weight excluding hydrogens is 439 g/mol. The number of anilines is 1. The zero-order valence-electron chi connectivity index (χ0n) is 19.5. The van der Waals surface area contributed by atoms with Gasteiger partial charge in [0.05, 0.1) is 23.1 Å². The Morgan fingerprint density at radius 1 is 1.26 bits per heavy atom. The summed E-state index contributed by atoms with van der Waals surface area (Å²) in [6, 6.07) is 6.79. The number of nitrogens with zero attached hydrogens (tertiary/aromatic N) is 2. The van der Waals surface area contributed by atoms with Gasteiger partial charge in [0, 0.05) is 16.7 Å². The van der Waals surface area contributed by atoms with Crippen LogP contribution in [0.5, 0.6) is 5.75 Å². The number of rotatable bonds is 4. The molecule has 0 amide bonds. The molecule has 1 aliphatic heterocycles. The van der Waals surface area contributed by atoms with Gasteiger partial charge in [-0.05, 0) is 52.5 Å². The summed E-state index contributed by atoms with van der Waals surface area (Å²) >= 11 is 0. The number of aliphatic hydroxyl groups is 2. The van der Waals surface area contributed by atoms with Gasteiger partial charge in [-0.1, -0.05) is 18.2 Å². The van der Waals surface area contributed by atoms with Crippen molar-refractivity contribution in [3.63, 3.8) is 0 Å². The number of aliphatic hydroxyl groups excluding tert-OH is 1. The third-order valence-corrected chi connectivity index (χ3v) is 7.02. The van der Waals surface area contributed by atoms with Crippen LogP contribution in [0.25, 0.3) is 11.0 Å². The number of hydrogen-bond acceptors (Lipinski definition) is 7. The number of nitrogens with one attached hydrogen (secondary N) is 2. The Hall–Kier alpha value is -3.04. The van der Waals surface area contributed by atoms with E-state index in [1.54, 1.807) is 19.1 Å². The number of aryl methyl sites for hydroxylation is 1. The lowest BCUT2D eigenvalue weighted by molar-refractivity contribution is -0.0369. The van der Waals surface area contributed by atoms with Gasteiger partial charge < -0.3 is 25.3 Å². The Kier molecular flexibility index (Phi) is 5.37. The molecule has 0 saturated heterocycles. The van der Waals surface area contributed by atoms with Gasteiger partial charge in [0.1, 0.15) is 29.6 Å². The molecule has 180 valence electrons. The molecule has 1 saturated carbocycles. The summed E-state index contributed by atoms with van der Waals surface area (Å²) in [6.07, 6.45) is 0.971. The fraction of sp³-hybridized carbons (Fsp3) is 0.480. The topological polar surface area (TPSA) is 120 Å². The van der Waals surface area contributed by atoms with Crippen molar-refractivity contribution in [2.75, 3.05) is 11.9 Å². The number of benzene rings is 1. The molecule has 1 unspecified atom stereocenters. The highest BCUT2D eigenvalue weighted by molar-refractivity contribution is 5.87. The fourth-order valence-electron chi connectivity index (χ4n) is 5.04. The summed E-state index contributed by atoms with van der Waals surface area (Å²) in [5.74, 6) is 1.49. The molecule has 1 aliphatic carbocycles. The summed E-state index contributed by atoms with van der Waals surface area (Å²) in [4.78, 5) is 24.6. The first kappa shape index (κ1) is 22.7. The highest BCUT2D eigenvalue weighted by Gasteiger charge is 2.39. The molecule has 8 nitrogen and oxygen atoms in total. The molecule has 9 heteroatoms. The van der Waals surface area contributed by atoms with Gasteiger partial charge >= 0.3 is 0 Å². The number of para-hydroxylation sites is 1. The molecule has 3 heterocycles. The number of H-pyrrole nitrogens is 1. The summed E-state index contributed by atoms with van der Waals surface area (Å²) in [7, 11) is 0. The molecular formula is C25H29FN4O4. The number of pyridine rings is 1. The van der Waals surface area contributed by atoms with E-state index in [1.807, 2.05) is 19.1 Å². The molecule has 34 heavy (non-hydrogen) atoms. The van der Waals surface area contributed by atoms with Gasteiger partial charge in [-0.25, -0.2) is 14.4 Å². The molecule has 5 rings (SSSR count). The second-order valence-electron chi connectivity index (χ2n) is 9.73. The van der Waals surface area contributed by atoms with Gasteiger partial charge in [0.2, 0.25) is 0 Å². The molecule has 1 fully saturated rings. The van der Waals surface area contributed by atoms with Gasteiger partial charge in [-0.2, -0.15) is 0 Å². The number of halogens is 1. The van der Waals surface area contributed by atoms with Crippen LogP contribution >= 0.6 is 0 Å². The lowest BCUT2D eigenvalue weighted by atomic mass is 9.79. The Labute approximate surface area is 196 Å². The van der Waals surface area contributed by atoms with E-state index in [0.717, 1.165) is 5.56 Å². The van der Waals surface area contributed by atoms with Crippen LogP contribution in [-0.2, 0) is 11.3 Å². The monoisotopic (exact) mass is 468 g/mol. The van der Waals surface area contributed by atoms with E-state index in [0.29, 0.717) is 59.7 Å². The van der Waals surface area contributed by atoms with Gasteiger partial charge in [-0.15, -0.1) is 0 Å². The van der Waals surface area contributed by atoms with E-state index in [-0.39, 0.29) is 18.2 Å². The van der Waals surface area contributed by atoms with Gasteiger partial charge in [-0.3, -0.25) is 4.79 Å². The highest BCUT2D eigenvalue weighted by atomic mass is 19.1. The molecule has 0 radical (unpaired) electrons. The number of ether oxygens (including phenoxy) is 1. The maximum Gasteiger partial charge on any atom is 0.255 e. The van der Waals surface area contributed by atoms with Crippen molar-refractivity contribution in [1.82, 2.24) is 15.0 Å². The second-order valence-corrected chi connectivity index (χ2v) is 9.73. The quantitative estimate of drug-likeness (QED) is 0.463. The minimum Gasteiger partial charge on any atom is -0.489 e. The molecule has 2 atom stereocenters. The van der Waals surface area contributed by atoms with Gasteiger partial charge in [0.25, 0.3) is 5.56 Å². The highest BCUT2D eigenvalue weighted by Crippen LogP contribution is 2.44. The Morgan fingerprint density at radius 3 is 2.74 bits per heavy atom. The van der Waals surface area contributed by atoms with Crippen LogP contribution < -0.4 is 15.6 Å². The van der Waals surface area contributed by atoms with Crippen molar-refractivity contribution in [3.8, 4) is 5.75 Å². The summed E-state index contributed by atoms with van der Waals surface area (Å²) < 4.78 is 20.5. The van der Waals surface area contributed by atoms with Crippen LogP contribution in [0.15, 0.2) is 29.1 Å². The first-order chi connectivity index (χ1) is 16.1. The average molecular weight is 469 g/mol. The molecule has 3 aromatic rings. The third-order valence-electron chi connectivity index (χ3n) is 7.02. The maximum atomic E-state index is 14.8. The molecule has 2 aromatic heterocycles. The Balaban J connectivity index is 1.55. The standard InChI is InChI=1S/C25H29FN4O4/c1-13(16-5-4-6-18-20(16)34-12-24(18,3)26)27-21-17-11-19(25(33)9-7-15(31)8-10-25)23(32)30-22(17)29-14(2)28-21/h4-6,11,13,15,31,33H,7-10,12H2,1-3H3,(H2,27,28,29,30,32)/t13-,15?,24?,25?/m1/s1. The van der Waals surface area contributed by atoms with Crippen molar-refractivity contribution in [2.24, 2.45) is 0 Å². The van der Waals surface area contributed by atoms with E-state index in [9.17, 15) is 19.4 Å². The number of alkyl halides is 1. The van der Waals surface area contributed by atoms with Crippen LogP contribution in [0.3, 0.4) is 0 Å². The normalized spacial score (nSPS) is 27.3. The Morgan fingerprint density at radius 2 is 2.00 bits per heavy atom. The van der Waals surface area contributed by atoms with Gasteiger partial charge in [0.15, 0.2) is 5.67 Å². The summed E-state index contributed by atoms with van der Waals surface area (Å²) in [5, 5.41) is 25.0. The van der Waals surface area contributed by atoms with Crippen LogP contribution in [0.2, 0.25) is 0 Å². The van der Waals surface area contributed by atoms with E-state index in [2.05, 4.69) is 20.3 Å². The van der Waals surface area contributed by atoms with Crippen LogP contribution in [-0.4, -0.2) is 37.9 Å².